The number of rotatable bonds is 4. The summed E-state index contributed by atoms with van der Waals surface area (Å²) in [5.41, 5.74) is -0.444. The number of benzene rings is 1. The second-order valence-electron chi connectivity index (χ2n) is 4.71. The van der Waals surface area contributed by atoms with Gasteiger partial charge in [-0.3, -0.25) is 14.9 Å². The molecule has 1 aromatic carbocycles. The van der Waals surface area contributed by atoms with Crippen molar-refractivity contribution in [3.8, 4) is 5.75 Å². The highest BCUT2D eigenvalue weighted by atomic mass is 16.6. The van der Waals surface area contributed by atoms with Crippen molar-refractivity contribution in [3.05, 3.63) is 34.4 Å². The lowest BCUT2D eigenvalue weighted by Gasteiger charge is -2.16. The number of carbonyl (C=O) groups is 1. The molecule has 0 unspecified atom stereocenters. The molecule has 0 atom stereocenters. The standard InChI is InChI=1S/C12H15NO4/c1-12(2,3)11(14)8-17-10-6-4-9(5-7-10)13(15)16/h4-7H,8H2,1-3H3. The first-order valence-electron chi connectivity index (χ1n) is 5.21. The van der Waals surface area contributed by atoms with E-state index in [1.165, 1.54) is 24.3 Å². The monoisotopic (exact) mass is 237 g/mol. The zero-order chi connectivity index (χ0) is 13.1. The van der Waals surface area contributed by atoms with Gasteiger partial charge in [-0.05, 0) is 12.1 Å². The van der Waals surface area contributed by atoms with Crippen LogP contribution in [0.15, 0.2) is 24.3 Å². The van der Waals surface area contributed by atoms with Crippen molar-refractivity contribution in [3.63, 3.8) is 0 Å². The predicted molar refractivity (Wildman–Crippen MR) is 63.1 cm³/mol. The molecule has 0 radical (unpaired) electrons. The Labute approximate surface area is 99.5 Å². The Hall–Kier alpha value is -1.91. The van der Waals surface area contributed by atoms with Crippen LogP contribution in [0.1, 0.15) is 20.8 Å². The van der Waals surface area contributed by atoms with Crippen LogP contribution in [-0.2, 0) is 4.79 Å². The Morgan fingerprint density at radius 3 is 2.24 bits per heavy atom. The summed E-state index contributed by atoms with van der Waals surface area (Å²) in [6.07, 6.45) is 0. The van der Waals surface area contributed by atoms with Gasteiger partial charge in [0.05, 0.1) is 4.92 Å². The third kappa shape index (κ3) is 3.86. The van der Waals surface area contributed by atoms with E-state index in [4.69, 9.17) is 4.74 Å². The highest BCUT2D eigenvalue weighted by molar-refractivity contribution is 5.85. The minimum Gasteiger partial charge on any atom is -0.486 e. The summed E-state index contributed by atoms with van der Waals surface area (Å²) in [7, 11) is 0. The average molecular weight is 237 g/mol. The van der Waals surface area contributed by atoms with Crippen LogP contribution in [0.5, 0.6) is 5.75 Å². The lowest BCUT2D eigenvalue weighted by atomic mass is 9.91. The fourth-order valence-electron chi connectivity index (χ4n) is 1.03. The maximum atomic E-state index is 11.6. The van der Waals surface area contributed by atoms with Gasteiger partial charge in [0.15, 0.2) is 5.78 Å². The SMILES string of the molecule is CC(C)(C)C(=O)COc1ccc([N+](=O)[O-])cc1. The maximum Gasteiger partial charge on any atom is 0.269 e. The van der Waals surface area contributed by atoms with E-state index in [1.54, 1.807) is 0 Å². The molecule has 0 bridgehead atoms. The summed E-state index contributed by atoms with van der Waals surface area (Å²) >= 11 is 0. The number of ether oxygens (including phenoxy) is 1. The number of Topliss-reactive ketones (excluding diaryl/α,β-unsaturated/α-hetero) is 1. The number of carbonyl (C=O) groups excluding carboxylic acids is 1. The molecule has 0 amide bonds. The molecule has 5 heteroatoms. The molecule has 0 aliphatic carbocycles. The second-order valence-corrected chi connectivity index (χ2v) is 4.71. The number of nitrogens with zero attached hydrogens (tertiary/aromatic N) is 1. The third-order valence-electron chi connectivity index (χ3n) is 2.25. The van der Waals surface area contributed by atoms with E-state index in [1.807, 2.05) is 20.8 Å². The van der Waals surface area contributed by atoms with Gasteiger partial charge in [-0.25, -0.2) is 0 Å². The molecule has 92 valence electrons. The molecule has 0 spiro atoms. The quantitative estimate of drug-likeness (QED) is 0.596. The van der Waals surface area contributed by atoms with Crippen molar-refractivity contribution >= 4 is 11.5 Å². The molecule has 0 saturated carbocycles. The van der Waals surface area contributed by atoms with Crippen molar-refractivity contribution in [1.29, 1.82) is 0 Å². The van der Waals surface area contributed by atoms with Gasteiger partial charge in [0.25, 0.3) is 5.69 Å². The van der Waals surface area contributed by atoms with E-state index < -0.39 is 10.3 Å². The molecule has 0 aliphatic heterocycles. The van der Waals surface area contributed by atoms with Crippen LogP contribution in [-0.4, -0.2) is 17.3 Å². The summed E-state index contributed by atoms with van der Waals surface area (Å²) in [6.45, 7) is 5.42. The summed E-state index contributed by atoms with van der Waals surface area (Å²) in [5.74, 6) is 0.434. The molecule has 1 rings (SSSR count). The number of hydrogen-bond acceptors (Lipinski definition) is 4. The van der Waals surface area contributed by atoms with Gasteiger partial charge in [0.2, 0.25) is 0 Å². The van der Waals surface area contributed by atoms with Crippen LogP contribution in [0.2, 0.25) is 0 Å². The third-order valence-corrected chi connectivity index (χ3v) is 2.25. The molecule has 5 nitrogen and oxygen atoms in total. The Kier molecular flexibility index (Phi) is 3.83. The van der Waals surface area contributed by atoms with Crippen molar-refractivity contribution in [2.24, 2.45) is 5.41 Å². The van der Waals surface area contributed by atoms with Gasteiger partial charge < -0.3 is 4.74 Å². The van der Waals surface area contributed by atoms with Crippen LogP contribution in [0, 0.1) is 15.5 Å². The molecule has 0 heterocycles. The van der Waals surface area contributed by atoms with Gasteiger partial charge in [0.1, 0.15) is 12.4 Å². The summed E-state index contributed by atoms with van der Waals surface area (Å²) in [5, 5.41) is 10.4. The predicted octanol–water partition coefficient (Wildman–Crippen LogP) is 2.59. The smallest absolute Gasteiger partial charge is 0.269 e. The van der Waals surface area contributed by atoms with E-state index in [-0.39, 0.29) is 18.1 Å². The second kappa shape index (κ2) is 4.95. The zero-order valence-corrected chi connectivity index (χ0v) is 10.1. The van der Waals surface area contributed by atoms with Gasteiger partial charge >= 0.3 is 0 Å². The van der Waals surface area contributed by atoms with Crippen molar-refractivity contribution in [1.82, 2.24) is 0 Å². The van der Waals surface area contributed by atoms with Crippen LogP contribution in [0.25, 0.3) is 0 Å². The number of nitro benzene ring substituents is 1. The van der Waals surface area contributed by atoms with Crippen LogP contribution in [0.3, 0.4) is 0 Å². The Morgan fingerprint density at radius 1 is 1.29 bits per heavy atom. The Balaban J connectivity index is 2.59. The fourth-order valence-corrected chi connectivity index (χ4v) is 1.03. The molecule has 0 aromatic heterocycles. The first-order chi connectivity index (χ1) is 7.80. The average Bonchev–Trinajstić information content (AvgIpc) is 2.25. The Morgan fingerprint density at radius 2 is 1.82 bits per heavy atom. The van der Waals surface area contributed by atoms with E-state index in [0.29, 0.717) is 5.75 Å². The molecule has 0 saturated heterocycles. The van der Waals surface area contributed by atoms with Gasteiger partial charge in [0, 0.05) is 17.5 Å². The molecule has 17 heavy (non-hydrogen) atoms. The van der Waals surface area contributed by atoms with E-state index in [0.717, 1.165) is 0 Å². The minimum atomic E-state index is -0.482. The molecule has 1 aromatic rings. The lowest BCUT2D eigenvalue weighted by Crippen LogP contribution is -2.26. The normalized spacial score (nSPS) is 11.0. The van der Waals surface area contributed by atoms with Gasteiger partial charge in [-0.15, -0.1) is 0 Å². The highest BCUT2D eigenvalue weighted by Gasteiger charge is 2.21. The molecular weight excluding hydrogens is 222 g/mol. The molecule has 0 aliphatic rings. The number of ketones is 1. The summed E-state index contributed by atoms with van der Waals surface area (Å²) in [6, 6.07) is 5.65. The van der Waals surface area contributed by atoms with Crippen molar-refractivity contribution in [2.75, 3.05) is 6.61 Å². The minimum absolute atomic E-state index is 0.000465. The first kappa shape index (κ1) is 13.2. The molecular formula is C12H15NO4. The topological polar surface area (TPSA) is 69.4 Å². The van der Waals surface area contributed by atoms with Crippen LogP contribution >= 0.6 is 0 Å². The van der Waals surface area contributed by atoms with Crippen LogP contribution < -0.4 is 4.74 Å². The van der Waals surface area contributed by atoms with Crippen molar-refractivity contribution in [2.45, 2.75) is 20.8 Å². The fraction of sp³-hybridized carbons (Fsp3) is 0.417. The Bertz CT molecular complexity index is 417. The van der Waals surface area contributed by atoms with E-state index >= 15 is 0 Å². The largest absolute Gasteiger partial charge is 0.486 e. The van der Waals surface area contributed by atoms with E-state index in [2.05, 4.69) is 0 Å². The molecule has 0 fully saturated rings. The number of non-ortho nitro benzene ring substituents is 1. The first-order valence-corrected chi connectivity index (χ1v) is 5.21. The summed E-state index contributed by atoms with van der Waals surface area (Å²) < 4.78 is 5.26. The van der Waals surface area contributed by atoms with E-state index in [9.17, 15) is 14.9 Å². The molecule has 0 N–H and O–H groups in total. The van der Waals surface area contributed by atoms with Crippen LogP contribution in [0.4, 0.5) is 5.69 Å². The van der Waals surface area contributed by atoms with Gasteiger partial charge in [-0.2, -0.15) is 0 Å². The van der Waals surface area contributed by atoms with Crippen molar-refractivity contribution < 1.29 is 14.5 Å². The maximum absolute atomic E-state index is 11.6. The van der Waals surface area contributed by atoms with Gasteiger partial charge in [-0.1, -0.05) is 20.8 Å². The number of nitro groups is 1. The summed E-state index contributed by atoms with van der Waals surface area (Å²) in [4.78, 5) is 21.5. The number of hydrogen-bond donors (Lipinski definition) is 0. The zero-order valence-electron chi connectivity index (χ0n) is 10.1. The highest BCUT2D eigenvalue weighted by Crippen LogP contribution is 2.19. The lowest BCUT2D eigenvalue weighted by molar-refractivity contribution is -0.384.